The van der Waals surface area contributed by atoms with Crippen molar-refractivity contribution in [1.82, 2.24) is 20.2 Å². The number of nitrogens with zero attached hydrogens (tertiary/aromatic N) is 4. The maximum absolute atomic E-state index is 12.4. The van der Waals surface area contributed by atoms with Gasteiger partial charge in [0.05, 0.1) is 34.3 Å². The Morgan fingerprint density at radius 2 is 1.59 bits per heavy atom. The van der Waals surface area contributed by atoms with Gasteiger partial charge in [-0.15, -0.1) is 10.2 Å². The number of aliphatic hydroxyl groups excluding tert-OH is 1. The molecule has 9 heteroatoms. The third kappa shape index (κ3) is 4.17. The molecule has 32 heavy (non-hydrogen) atoms. The lowest BCUT2D eigenvalue weighted by molar-refractivity contribution is 0.282. The fourth-order valence-corrected chi connectivity index (χ4v) is 4.13. The van der Waals surface area contributed by atoms with Gasteiger partial charge in [0.1, 0.15) is 5.69 Å². The molecule has 0 amide bonds. The number of rotatable bonds is 6. The highest BCUT2D eigenvalue weighted by molar-refractivity contribution is 7.92. The summed E-state index contributed by atoms with van der Waals surface area (Å²) in [6, 6.07) is 13.7. The monoisotopic (exact) mass is 454 g/mol. The molecule has 0 spiro atoms. The topological polar surface area (TPSA) is 119 Å². The zero-order valence-electron chi connectivity index (χ0n) is 17.8. The van der Waals surface area contributed by atoms with Crippen LogP contribution in [-0.2, 0) is 16.4 Å². The fraction of sp³-hybridized carbons (Fsp3) is 0.217. The second-order valence-electron chi connectivity index (χ2n) is 7.57. The minimum absolute atomic E-state index is 0. The highest BCUT2D eigenvalue weighted by atomic mass is 32.2. The first-order valence-electron chi connectivity index (χ1n) is 10.0. The van der Waals surface area contributed by atoms with Crippen molar-refractivity contribution in [1.29, 1.82) is 0 Å². The Balaban J connectivity index is 0.00000204. The van der Waals surface area contributed by atoms with E-state index in [1.54, 1.807) is 75.5 Å². The number of aliphatic hydroxyl groups is 1. The lowest BCUT2D eigenvalue weighted by atomic mass is 10.1. The van der Waals surface area contributed by atoms with Crippen LogP contribution in [0.2, 0.25) is 0 Å². The molecule has 0 unspecified atom stereocenters. The summed E-state index contributed by atoms with van der Waals surface area (Å²) in [5, 5.41) is 16.9. The van der Waals surface area contributed by atoms with Crippen molar-refractivity contribution in [2.45, 2.75) is 37.5 Å². The van der Waals surface area contributed by atoms with Gasteiger partial charge < -0.3 is 9.52 Å². The number of aryl methyl sites for hydroxylation is 1. The van der Waals surface area contributed by atoms with Crippen LogP contribution in [0.5, 0.6) is 0 Å². The van der Waals surface area contributed by atoms with Crippen LogP contribution in [-0.4, -0.2) is 38.9 Å². The third-order valence-electron chi connectivity index (χ3n) is 5.07. The molecule has 4 aromatic rings. The van der Waals surface area contributed by atoms with E-state index in [9.17, 15) is 13.5 Å². The SMILES string of the molecule is Cc1ncc(-c2ccc(S(=O)(=O)C(C)C)cc2)nc1-c1nnc(-c2ccc(CO)cc2)o1.[HH].[HH]. The van der Waals surface area contributed by atoms with E-state index >= 15 is 0 Å². The maximum Gasteiger partial charge on any atom is 0.268 e. The first-order valence-corrected chi connectivity index (χ1v) is 11.6. The van der Waals surface area contributed by atoms with Crippen molar-refractivity contribution in [3.8, 4) is 34.3 Å². The van der Waals surface area contributed by atoms with Crippen molar-refractivity contribution in [3.63, 3.8) is 0 Å². The van der Waals surface area contributed by atoms with Crippen LogP contribution in [0.3, 0.4) is 0 Å². The fourth-order valence-electron chi connectivity index (χ4n) is 3.07. The average Bonchev–Trinajstić information content (AvgIpc) is 3.29. The molecule has 8 nitrogen and oxygen atoms in total. The molecule has 0 bridgehead atoms. The summed E-state index contributed by atoms with van der Waals surface area (Å²) in [5.74, 6) is 0.566. The smallest absolute Gasteiger partial charge is 0.268 e. The van der Waals surface area contributed by atoms with Gasteiger partial charge in [0.2, 0.25) is 5.89 Å². The lowest BCUT2D eigenvalue weighted by Gasteiger charge is -2.09. The molecule has 0 saturated heterocycles. The van der Waals surface area contributed by atoms with Crippen molar-refractivity contribution in [2.24, 2.45) is 0 Å². The Kier molecular flexibility index (Phi) is 5.86. The summed E-state index contributed by atoms with van der Waals surface area (Å²) < 4.78 is 30.5. The maximum atomic E-state index is 12.4. The first-order chi connectivity index (χ1) is 15.3. The van der Waals surface area contributed by atoms with Gasteiger partial charge in [-0.3, -0.25) is 4.98 Å². The standard InChI is InChI=1S/C23H22N4O4S.2H2/c1-14(2)32(29,30)19-10-8-17(9-11-19)20-12-24-15(3)21(25-20)23-27-26-22(31-23)18-6-4-16(13-28)5-7-18;;/h4-12,14,28H,13H2,1-3H3;2*1H. The molecular weight excluding hydrogens is 428 g/mol. The molecule has 0 aliphatic heterocycles. The van der Waals surface area contributed by atoms with E-state index in [-0.39, 0.29) is 20.2 Å². The number of hydrogen-bond acceptors (Lipinski definition) is 8. The van der Waals surface area contributed by atoms with Gasteiger partial charge >= 0.3 is 0 Å². The summed E-state index contributed by atoms with van der Waals surface area (Å²) in [4.78, 5) is 9.30. The largest absolute Gasteiger partial charge is 0.415 e. The van der Waals surface area contributed by atoms with Gasteiger partial charge in [-0.2, -0.15) is 0 Å². The van der Waals surface area contributed by atoms with Crippen molar-refractivity contribution >= 4 is 9.84 Å². The number of aromatic nitrogens is 4. The Labute approximate surface area is 188 Å². The van der Waals surface area contributed by atoms with Crippen LogP contribution < -0.4 is 0 Å². The molecule has 4 rings (SSSR count). The van der Waals surface area contributed by atoms with E-state index in [1.807, 2.05) is 0 Å². The Morgan fingerprint density at radius 3 is 2.22 bits per heavy atom. The Morgan fingerprint density at radius 1 is 0.969 bits per heavy atom. The summed E-state index contributed by atoms with van der Waals surface area (Å²) in [6.45, 7) is 5.06. The molecule has 0 atom stereocenters. The number of hydrogen-bond donors (Lipinski definition) is 1. The van der Waals surface area contributed by atoms with Gasteiger partial charge in [0.25, 0.3) is 5.89 Å². The molecule has 2 aromatic heterocycles. The second-order valence-corrected chi connectivity index (χ2v) is 10.1. The highest BCUT2D eigenvalue weighted by Gasteiger charge is 2.20. The van der Waals surface area contributed by atoms with E-state index in [2.05, 4.69) is 20.2 Å². The summed E-state index contributed by atoms with van der Waals surface area (Å²) >= 11 is 0. The predicted octanol–water partition coefficient (Wildman–Crippen LogP) is 4.34. The molecule has 0 aliphatic rings. The zero-order valence-corrected chi connectivity index (χ0v) is 18.7. The van der Waals surface area contributed by atoms with Crippen molar-refractivity contribution in [2.75, 3.05) is 0 Å². The minimum atomic E-state index is -3.35. The van der Waals surface area contributed by atoms with Crippen LogP contribution in [0.4, 0.5) is 0 Å². The van der Waals surface area contributed by atoms with E-state index in [1.165, 1.54) is 0 Å². The van der Waals surface area contributed by atoms with Gasteiger partial charge in [-0.1, -0.05) is 24.3 Å². The Hall–Kier alpha value is -3.43. The second kappa shape index (κ2) is 8.60. The zero-order chi connectivity index (χ0) is 22.9. The van der Waals surface area contributed by atoms with Gasteiger partial charge in [0.15, 0.2) is 9.84 Å². The lowest BCUT2D eigenvalue weighted by Crippen LogP contribution is -2.13. The summed E-state index contributed by atoms with van der Waals surface area (Å²) in [6.07, 6.45) is 1.62. The molecule has 168 valence electrons. The van der Waals surface area contributed by atoms with Crippen molar-refractivity contribution in [3.05, 3.63) is 66.0 Å². The quantitative estimate of drug-likeness (QED) is 0.457. The molecule has 1 N–H and O–H groups in total. The van der Waals surface area contributed by atoms with Crippen LogP contribution in [0.25, 0.3) is 34.3 Å². The molecule has 0 fully saturated rings. The average molecular weight is 455 g/mol. The molecule has 2 aromatic carbocycles. The molecule has 0 aliphatic carbocycles. The van der Waals surface area contributed by atoms with E-state index in [0.29, 0.717) is 23.0 Å². The molecule has 0 saturated carbocycles. The summed E-state index contributed by atoms with van der Waals surface area (Å²) in [5.41, 5.74) is 3.87. The van der Waals surface area contributed by atoms with Crippen molar-refractivity contribution < 1.29 is 20.8 Å². The number of benzene rings is 2. The number of sulfone groups is 1. The molecular formula is C23H26N4O4S. The van der Waals surface area contributed by atoms with Crippen LogP contribution in [0, 0.1) is 6.92 Å². The van der Waals surface area contributed by atoms with E-state index in [0.717, 1.165) is 16.7 Å². The first kappa shape index (κ1) is 21.8. The van der Waals surface area contributed by atoms with E-state index in [4.69, 9.17) is 4.42 Å². The van der Waals surface area contributed by atoms with Crippen LogP contribution >= 0.6 is 0 Å². The minimum Gasteiger partial charge on any atom is -0.415 e. The van der Waals surface area contributed by atoms with Gasteiger partial charge in [-0.05, 0) is 50.6 Å². The molecule has 2 heterocycles. The Bertz CT molecular complexity index is 1360. The summed E-state index contributed by atoms with van der Waals surface area (Å²) in [7, 11) is -3.35. The van der Waals surface area contributed by atoms with Crippen LogP contribution in [0.1, 0.15) is 28.0 Å². The van der Waals surface area contributed by atoms with Crippen LogP contribution in [0.15, 0.2) is 64.0 Å². The van der Waals surface area contributed by atoms with E-state index < -0.39 is 15.1 Å². The van der Waals surface area contributed by atoms with Gasteiger partial charge in [0, 0.05) is 14.0 Å². The normalized spacial score (nSPS) is 11.8. The predicted molar refractivity (Wildman–Crippen MR) is 123 cm³/mol. The van der Waals surface area contributed by atoms with Gasteiger partial charge in [-0.25, -0.2) is 13.4 Å². The molecule has 0 radical (unpaired) electrons. The highest BCUT2D eigenvalue weighted by Crippen LogP contribution is 2.27. The third-order valence-corrected chi connectivity index (χ3v) is 7.24.